The van der Waals surface area contributed by atoms with Crippen LogP contribution >= 0.6 is 0 Å². The van der Waals surface area contributed by atoms with Crippen LogP contribution in [0.2, 0.25) is 0 Å². The van der Waals surface area contributed by atoms with Crippen LogP contribution in [0.1, 0.15) is 31.7 Å². The maximum atomic E-state index is 11.8. The molecule has 5 heteroatoms. The van der Waals surface area contributed by atoms with Gasteiger partial charge in [-0.3, -0.25) is 4.79 Å². The van der Waals surface area contributed by atoms with E-state index in [9.17, 15) is 9.90 Å². The number of carbonyl (C=O) groups excluding carboxylic acids is 1. The van der Waals surface area contributed by atoms with E-state index < -0.39 is 6.10 Å². The average Bonchev–Trinajstić information content (AvgIpc) is 2.57. The number of ether oxygens (including phenoxy) is 3. The Morgan fingerprint density at radius 2 is 2.08 bits per heavy atom. The van der Waals surface area contributed by atoms with E-state index >= 15 is 0 Å². The zero-order chi connectivity index (χ0) is 17.4. The van der Waals surface area contributed by atoms with Crippen LogP contribution in [0.5, 0.6) is 0 Å². The Balaban J connectivity index is 1.75. The molecule has 1 aliphatic heterocycles. The minimum Gasteiger partial charge on any atom is -0.393 e. The normalized spacial score (nSPS) is 27.1. The second-order valence-corrected chi connectivity index (χ2v) is 6.46. The van der Waals surface area contributed by atoms with Crippen molar-refractivity contribution in [2.24, 2.45) is 5.92 Å². The summed E-state index contributed by atoms with van der Waals surface area (Å²) in [5.41, 5.74) is 1.14. The van der Waals surface area contributed by atoms with Gasteiger partial charge >= 0.3 is 0 Å². The molecule has 0 bridgehead atoms. The third-order valence-electron chi connectivity index (χ3n) is 4.49. The van der Waals surface area contributed by atoms with Crippen molar-refractivity contribution in [1.29, 1.82) is 0 Å². The lowest BCUT2D eigenvalue weighted by Gasteiger charge is -2.38. The van der Waals surface area contributed by atoms with Gasteiger partial charge in [-0.15, -0.1) is 0 Å². The summed E-state index contributed by atoms with van der Waals surface area (Å²) < 4.78 is 16.6. The van der Waals surface area contributed by atoms with Gasteiger partial charge in [0.05, 0.1) is 24.9 Å². The van der Waals surface area contributed by atoms with Crippen LogP contribution in [0.15, 0.2) is 30.3 Å². The summed E-state index contributed by atoms with van der Waals surface area (Å²) in [7, 11) is 1.50. The van der Waals surface area contributed by atoms with Crippen molar-refractivity contribution in [2.75, 3.05) is 20.3 Å². The Morgan fingerprint density at radius 1 is 1.33 bits per heavy atom. The first-order valence-electron chi connectivity index (χ1n) is 8.56. The second kappa shape index (κ2) is 9.89. The fourth-order valence-electron chi connectivity index (χ4n) is 3.00. The lowest BCUT2D eigenvalue weighted by atomic mass is 9.87. The minimum absolute atomic E-state index is 0.00234. The van der Waals surface area contributed by atoms with Crippen molar-refractivity contribution >= 4 is 5.78 Å². The molecule has 0 unspecified atom stereocenters. The van der Waals surface area contributed by atoms with E-state index in [0.717, 1.165) is 5.56 Å². The first-order chi connectivity index (χ1) is 11.6. The third kappa shape index (κ3) is 5.98. The van der Waals surface area contributed by atoms with Gasteiger partial charge < -0.3 is 19.3 Å². The summed E-state index contributed by atoms with van der Waals surface area (Å²) in [5.74, 6) is -0.0465. The molecule has 0 aromatic heterocycles. The summed E-state index contributed by atoms with van der Waals surface area (Å²) in [6, 6.07) is 10.0. The molecule has 134 valence electrons. The molecule has 4 atom stereocenters. The van der Waals surface area contributed by atoms with Crippen molar-refractivity contribution in [2.45, 2.75) is 51.1 Å². The molecule has 1 aromatic carbocycles. The Labute approximate surface area is 143 Å². The molecule has 5 nitrogen and oxygen atoms in total. The van der Waals surface area contributed by atoms with E-state index in [-0.39, 0.29) is 36.9 Å². The van der Waals surface area contributed by atoms with Crippen LogP contribution in [0.25, 0.3) is 0 Å². The quantitative estimate of drug-likeness (QED) is 0.701. The molecule has 1 fully saturated rings. The molecule has 1 aliphatic rings. The molecule has 0 amide bonds. The topological polar surface area (TPSA) is 65.0 Å². The smallest absolute Gasteiger partial charge is 0.161 e. The van der Waals surface area contributed by atoms with E-state index in [0.29, 0.717) is 26.1 Å². The number of aliphatic hydroxyl groups is 1. The van der Waals surface area contributed by atoms with Crippen molar-refractivity contribution in [3.63, 3.8) is 0 Å². The molecule has 0 spiro atoms. The molecule has 0 saturated carbocycles. The predicted molar refractivity (Wildman–Crippen MR) is 90.7 cm³/mol. The lowest BCUT2D eigenvalue weighted by Crippen LogP contribution is -2.44. The zero-order valence-corrected chi connectivity index (χ0v) is 14.5. The maximum absolute atomic E-state index is 11.8. The summed E-state index contributed by atoms with van der Waals surface area (Å²) in [5, 5.41) is 10.2. The highest BCUT2D eigenvalue weighted by molar-refractivity contribution is 5.80. The van der Waals surface area contributed by atoms with Gasteiger partial charge in [-0.2, -0.15) is 0 Å². The van der Waals surface area contributed by atoms with Crippen LogP contribution in [0, 0.1) is 5.92 Å². The number of methoxy groups -OCH3 is 1. The van der Waals surface area contributed by atoms with E-state index in [4.69, 9.17) is 14.2 Å². The lowest BCUT2D eigenvalue weighted by molar-refractivity contribution is -0.150. The fraction of sp³-hybridized carbons (Fsp3) is 0.632. The number of aliphatic hydroxyl groups excluding tert-OH is 1. The molecular formula is C19H28O5. The monoisotopic (exact) mass is 336 g/mol. The standard InChI is InChI=1S/C19H28O5/c1-14-18(21)11-17(24-19(14)10-16(20)13-22-2)8-9-23-12-15-6-4-3-5-7-15/h3-7,14,17-19,21H,8-13H2,1-2H3/t14-,17-,18+,19+/m1/s1. The largest absolute Gasteiger partial charge is 0.393 e. The van der Waals surface area contributed by atoms with Gasteiger partial charge in [0, 0.05) is 26.1 Å². The van der Waals surface area contributed by atoms with Gasteiger partial charge in [-0.25, -0.2) is 0 Å². The van der Waals surface area contributed by atoms with Crippen LogP contribution in [0.4, 0.5) is 0 Å². The Kier molecular flexibility index (Phi) is 7.85. The van der Waals surface area contributed by atoms with E-state index in [1.807, 2.05) is 37.3 Å². The van der Waals surface area contributed by atoms with Crippen LogP contribution in [0.3, 0.4) is 0 Å². The van der Waals surface area contributed by atoms with Crippen molar-refractivity contribution in [1.82, 2.24) is 0 Å². The van der Waals surface area contributed by atoms with E-state index in [1.54, 1.807) is 0 Å². The Bertz CT molecular complexity index is 490. The maximum Gasteiger partial charge on any atom is 0.161 e. The van der Waals surface area contributed by atoms with Crippen LogP contribution in [-0.4, -0.2) is 49.5 Å². The second-order valence-electron chi connectivity index (χ2n) is 6.46. The highest BCUT2D eigenvalue weighted by Gasteiger charge is 2.35. The molecule has 1 saturated heterocycles. The first-order valence-corrected chi connectivity index (χ1v) is 8.56. The highest BCUT2D eigenvalue weighted by Crippen LogP contribution is 2.29. The fourth-order valence-corrected chi connectivity index (χ4v) is 3.00. The summed E-state index contributed by atoms with van der Waals surface area (Å²) in [4.78, 5) is 11.8. The number of hydrogen-bond donors (Lipinski definition) is 1. The molecule has 1 heterocycles. The van der Waals surface area contributed by atoms with Gasteiger partial charge in [0.25, 0.3) is 0 Å². The predicted octanol–water partition coefficient (Wildman–Crippen LogP) is 2.35. The summed E-state index contributed by atoms with van der Waals surface area (Å²) in [6.45, 7) is 3.16. The molecule has 24 heavy (non-hydrogen) atoms. The van der Waals surface area contributed by atoms with Gasteiger partial charge in [0.1, 0.15) is 6.61 Å². The molecule has 2 rings (SSSR count). The van der Waals surface area contributed by atoms with Crippen molar-refractivity contribution in [3.05, 3.63) is 35.9 Å². The number of benzene rings is 1. The molecule has 0 radical (unpaired) electrons. The van der Waals surface area contributed by atoms with Crippen LogP contribution < -0.4 is 0 Å². The van der Waals surface area contributed by atoms with Gasteiger partial charge in [0.15, 0.2) is 5.78 Å². The first kappa shape index (κ1) is 19.1. The zero-order valence-electron chi connectivity index (χ0n) is 14.5. The number of hydrogen-bond acceptors (Lipinski definition) is 5. The van der Waals surface area contributed by atoms with Crippen LogP contribution in [-0.2, 0) is 25.6 Å². The number of ketones is 1. The number of rotatable bonds is 9. The van der Waals surface area contributed by atoms with E-state index in [1.165, 1.54) is 7.11 Å². The number of carbonyl (C=O) groups is 1. The minimum atomic E-state index is -0.446. The van der Waals surface area contributed by atoms with E-state index in [2.05, 4.69) is 0 Å². The van der Waals surface area contributed by atoms with Gasteiger partial charge in [-0.05, 0) is 18.4 Å². The van der Waals surface area contributed by atoms with Crippen molar-refractivity contribution < 1.29 is 24.1 Å². The summed E-state index contributed by atoms with van der Waals surface area (Å²) in [6.07, 6.45) is 0.810. The Hall–Kier alpha value is -1.27. The SMILES string of the molecule is COCC(=O)C[C@@H]1O[C@H](CCOCc2ccccc2)C[C@H](O)[C@H]1C. The molecule has 0 aliphatic carbocycles. The molecular weight excluding hydrogens is 308 g/mol. The molecule has 1 aromatic rings. The van der Waals surface area contributed by atoms with Gasteiger partial charge in [-0.1, -0.05) is 37.3 Å². The van der Waals surface area contributed by atoms with Crippen molar-refractivity contribution in [3.8, 4) is 0 Å². The molecule has 1 N–H and O–H groups in total. The highest BCUT2D eigenvalue weighted by atomic mass is 16.5. The Morgan fingerprint density at radius 3 is 2.79 bits per heavy atom. The number of Topliss-reactive ketones (excluding diaryl/α,β-unsaturated/α-hetero) is 1. The summed E-state index contributed by atoms with van der Waals surface area (Å²) >= 11 is 0. The third-order valence-corrected chi connectivity index (χ3v) is 4.49. The average molecular weight is 336 g/mol. The van der Waals surface area contributed by atoms with Gasteiger partial charge in [0.2, 0.25) is 0 Å².